The summed E-state index contributed by atoms with van der Waals surface area (Å²) in [7, 11) is 1.54. The molecule has 0 fully saturated rings. The number of fused-ring (bicyclic) bond motifs is 1. The van der Waals surface area contributed by atoms with Crippen LogP contribution in [-0.2, 0) is 16.6 Å². The Morgan fingerprint density at radius 2 is 1.53 bits per heavy atom. The summed E-state index contributed by atoms with van der Waals surface area (Å²) in [4.78, 5) is 39.8. The lowest BCUT2D eigenvalue weighted by molar-refractivity contribution is -0.124. The quantitative estimate of drug-likeness (QED) is 0.348. The van der Waals surface area contributed by atoms with Gasteiger partial charge in [-0.3, -0.25) is 9.59 Å². The van der Waals surface area contributed by atoms with Gasteiger partial charge in [0.05, 0.1) is 12.3 Å². The topological polar surface area (TPSA) is 86.6 Å². The summed E-state index contributed by atoms with van der Waals surface area (Å²) in [6, 6.07) is 23.6. The van der Waals surface area contributed by atoms with Crippen LogP contribution in [0.4, 0.5) is 5.69 Å². The predicted molar refractivity (Wildman–Crippen MR) is 140 cm³/mol. The van der Waals surface area contributed by atoms with Gasteiger partial charge in [0.2, 0.25) is 0 Å². The molecule has 1 atom stereocenters. The third kappa shape index (κ3) is 4.86. The number of hydrogen-bond acceptors (Lipinski definition) is 5. The van der Waals surface area contributed by atoms with Gasteiger partial charge in [-0.25, -0.2) is 4.79 Å². The molecule has 4 rings (SSSR count). The normalized spacial score (nSPS) is 11.6. The zero-order chi connectivity index (χ0) is 25.7. The number of hydrogen-bond donors (Lipinski definition) is 1. The smallest absolute Gasteiger partial charge is 0.356 e. The summed E-state index contributed by atoms with van der Waals surface area (Å²) in [5.41, 5.74) is 1.60. The number of ether oxygens (including phenoxy) is 2. The molecule has 4 aromatic rings. The van der Waals surface area contributed by atoms with Crippen molar-refractivity contribution >= 4 is 28.3 Å². The minimum atomic E-state index is -1.07. The molecule has 0 aliphatic rings. The number of aromatic nitrogens is 1. The van der Waals surface area contributed by atoms with E-state index >= 15 is 0 Å². The molecule has 1 unspecified atom stereocenters. The van der Waals surface area contributed by atoms with Gasteiger partial charge < -0.3 is 19.4 Å². The molecule has 0 radical (unpaired) electrons. The van der Waals surface area contributed by atoms with Crippen LogP contribution < -0.4 is 15.6 Å². The van der Waals surface area contributed by atoms with Crippen LogP contribution in [0.1, 0.15) is 30.8 Å². The number of nitrogens with one attached hydrogen (secondary N) is 1. The summed E-state index contributed by atoms with van der Waals surface area (Å²) in [6.07, 6.45) is -0.825. The first kappa shape index (κ1) is 24.7. The molecule has 1 amide bonds. The molecule has 184 valence electrons. The first-order chi connectivity index (χ1) is 17.5. The Bertz CT molecular complexity index is 1460. The lowest BCUT2D eigenvalue weighted by atomic mass is 9.97. The van der Waals surface area contributed by atoms with E-state index in [4.69, 9.17) is 9.47 Å². The number of benzene rings is 3. The fourth-order valence-corrected chi connectivity index (χ4v) is 4.17. The van der Waals surface area contributed by atoms with Gasteiger partial charge >= 0.3 is 5.97 Å². The van der Waals surface area contributed by atoms with E-state index in [0.29, 0.717) is 34.4 Å². The monoisotopic (exact) mass is 484 g/mol. The number of anilines is 1. The van der Waals surface area contributed by atoms with E-state index in [2.05, 4.69) is 5.32 Å². The van der Waals surface area contributed by atoms with Crippen molar-refractivity contribution in [3.63, 3.8) is 0 Å². The van der Waals surface area contributed by atoms with Crippen molar-refractivity contribution in [1.29, 1.82) is 0 Å². The van der Waals surface area contributed by atoms with E-state index in [-0.39, 0.29) is 17.7 Å². The maximum absolute atomic E-state index is 13.6. The SMILES string of the molecule is CCOc1ccccc1NC(=O)C(CC)OC(=O)c1c(-c2ccccc2)c2ccccc2c(=O)n1C. The van der Waals surface area contributed by atoms with Gasteiger partial charge in [0.1, 0.15) is 11.4 Å². The molecule has 0 spiro atoms. The second kappa shape index (κ2) is 10.9. The fourth-order valence-electron chi connectivity index (χ4n) is 4.17. The maximum atomic E-state index is 13.6. The minimum Gasteiger partial charge on any atom is -0.492 e. The molecule has 0 aliphatic carbocycles. The van der Waals surface area contributed by atoms with Gasteiger partial charge in [-0.15, -0.1) is 0 Å². The third-order valence-electron chi connectivity index (χ3n) is 5.92. The van der Waals surface area contributed by atoms with Gasteiger partial charge in [0, 0.05) is 18.0 Å². The van der Waals surface area contributed by atoms with E-state index < -0.39 is 18.0 Å². The van der Waals surface area contributed by atoms with Crippen LogP contribution in [-0.4, -0.2) is 29.2 Å². The van der Waals surface area contributed by atoms with Crippen LogP contribution in [0, 0.1) is 0 Å². The summed E-state index contributed by atoms with van der Waals surface area (Å²) in [6.45, 7) is 4.05. The summed E-state index contributed by atoms with van der Waals surface area (Å²) < 4.78 is 12.6. The summed E-state index contributed by atoms with van der Waals surface area (Å²) in [5.74, 6) is -0.706. The average Bonchev–Trinajstić information content (AvgIpc) is 2.90. The molecule has 1 heterocycles. The molecule has 0 saturated carbocycles. The van der Waals surface area contributed by atoms with Crippen LogP contribution in [0.15, 0.2) is 83.7 Å². The molecule has 0 aliphatic heterocycles. The van der Waals surface area contributed by atoms with Crippen molar-refractivity contribution in [2.45, 2.75) is 26.4 Å². The lowest BCUT2D eigenvalue weighted by Crippen LogP contribution is -2.34. The number of rotatable bonds is 8. The third-order valence-corrected chi connectivity index (χ3v) is 5.92. The Labute approximate surface area is 209 Å². The molecular weight excluding hydrogens is 456 g/mol. The van der Waals surface area contributed by atoms with Crippen LogP contribution in [0.25, 0.3) is 21.9 Å². The van der Waals surface area contributed by atoms with Crippen LogP contribution in [0.5, 0.6) is 5.75 Å². The Morgan fingerprint density at radius 1 is 0.889 bits per heavy atom. The highest BCUT2D eigenvalue weighted by Gasteiger charge is 2.28. The highest BCUT2D eigenvalue weighted by atomic mass is 16.5. The fraction of sp³-hybridized carbons (Fsp3) is 0.207. The summed E-state index contributed by atoms with van der Waals surface area (Å²) in [5, 5.41) is 3.93. The minimum absolute atomic E-state index is 0.0888. The average molecular weight is 485 g/mol. The van der Waals surface area contributed by atoms with Crippen LogP contribution in [0.2, 0.25) is 0 Å². The van der Waals surface area contributed by atoms with Crippen molar-refractivity contribution in [2.75, 3.05) is 11.9 Å². The zero-order valence-corrected chi connectivity index (χ0v) is 20.5. The highest BCUT2D eigenvalue weighted by Crippen LogP contribution is 2.31. The van der Waals surface area contributed by atoms with E-state index in [9.17, 15) is 14.4 Å². The molecule has 1 aromatic heterocycles. The number of amides is 1. The maximum Gasteiger partial charge on any atom is 0.356 e. The largest absolute Gasteiger partial charge is 0.492 e. The first-order valence-corrected chi connectivity index (χ1v) is 11.9. The highest BCUT2D eigenvalue weighted by molar-refractivity contribution is 6.07. The molecule has 36 heavy (non-hydrogen) atoms. The molecule has 0 saturated heterocycles. The molecule has 7 nitrogen and oxygen atoms in total. The Hall–Kier alpha value is -4.39. The number of carbonyl (C=O) groups excluding carboxylic acids is 2. The Kier molecular flexibility index (Phi) is 7.49. The first-order valence-electron chi connectivity index (χ1n) is 11.9. The Balaban J connectivity index is 1.72. The van der Waals surface area contributed by atoms with Crippen molar-refractivity contribution in [3.8, 4) is 16.9 Å². The van der Waals surface area contributed by atoms with Crippen molar-refractivity contribution in [1.82, 2.24) is 4.57 Å². The van der Waals surface area contributed by atoms with Gasteiger partial charge in [-0.05, 0) is 42.5 Å². The lowest BCUT2D eigenvalue weighted by Gasteiger charge is -2.20. The van der Waals surface area contributed by atoms with Crippen LogP contribution >= 0.6 is 0 Å². The molecule has 7 heteroatoms. The number of nitrogens with zero attached hydrogens (tertiary/aromatic N) is 1. The molecule has 3 aromatic carbocycles. The number of para-hydroxylation sites is 2. The molecule has 1 N–H and O–H groups in total. The molecular formula is C29H28N2O5. The van der Waals surface area contributed by atoms with Gasteiger partial charge in [-0.1, -0.05) is 67.6 Å². The summed E-state index contributed by atoms with van der Waals surface area (Å²) >= 11 is 0. The van der Waals surface area contributed by atoms with E-state index in [1.165, 1.54) is 11.6 Å². The van der Waals surface area contributed by atoms with Gasteiger partial charge in [-0.2, -0.15) is 0 Å². The van der Waals surface area contributed by atoms with E-state index in [1.54, 1.807) is 37.3 Å². The zero-order valence-electron chi connectivity index (χ0n) is 20.5. The second-order valence-electron chi connectivity index (χ2n) is 8.22. The van der Waals surface area contributed by atoms with Crippen molar-refractivity contribution in [2.24, 2.45) is 7.05 Å². The van der Waals surface area contributed by atoms with Crippen molar-refractivity contribution in [3.05, 3.63) is 94.9 Å². The van der Waals surface area contributed by atoms with Gasteiger partial charge in [0.25, 0.3) is 11.5 Å². The van der Waals surface area contributed by atoms with Gasteiger partial charge in [0.15, 0.2) is 6.10 Å². The number of pyridine rings is 1. The van der Waals surface area contributed by atoms with E-state index in [1.807, 2.05) is 55.5 Å². The van der Waals surface area contributed by atoms with Crippen LogP contribution in [0.3, 0.4) is 0 Å². The Morgan fingerprint density at radius 3 is 2.22 bits per heavy atom. The number of carbonyl (C=O) groups is 2. The molecule has 0 bridgehead atoms. The van der Waals surface area contributed by atoms with E-state index in [0.717, 1.165) is 5.56 Å². The van der Waals surface area contributed by atoms with Crippen molar-refractivity contribution < 1.29 is 19.1 Å². The number of esters is 1. The standard InChI is InChI=1S/C29H28N2O5/c1-4-23(27(32)30-22-17-11-12-18-24(22)35-5-2)36-29(34)26-25(19-13-7-6-8-14-19)20-15-9-10-16-21(20)28(33)31(26)3/h6-18,23H,4-5H2,1-3H3,(H,30,32). The second-order valence-corrected chi connectivity index (χ2v) is 8.22. The predicted octanol–water partition coefficient (Wildman–Crippen LogP) is 5.18.